The van der Waals surface area contributed by atoms with Crippen molar-refractivity contribution in [3.05, 3.63) is 72.1 Å². The molecule has 1 aromatic heterocycles. The van der Waals surface area contributed by atoms with E-state index in [1.807, 2.05) is 36.4 Å². The molecule has 3 aromatic rings. The van der Waals surface area contributed by atoms with Gasteiger partial charge in [0.2, 0.25) is 0 Å². The van der Waals surface area contributed by atoms with Crippen molar-refractivity contribution in [3.63, 3.8) is 0 Å². The van der Waals surface area contributed by atoms with Gasteiger partial charge in [0, 0.05) is 23.9 Å². The maximum Gasteiger partial charge on any atom is 0.159 e. The summed E-state index contributed by atoms with van der Waals surface area (Å²) in [6, 6.07) is 17.2. The Labute approximate surface area is 158 Å². The van der Waals surface area contributed by atoms with Crippen LogP contribution in [0.5, 0.6) is 5.75 Å². The monoisotopic (exact) mass is 362 g/mol. The van der Waals surface area contributed by atoms with Crippen LogP contribution in [-0.4, -0.2) is 29.4 Å². The topological polar surface area (TPSA) is 76.1 Å². The fraction of sp³-hybridized carbons (Fsp3) is 0.190. The van der Waals surface area contributed by atoms with E-state index in [2.05, 4.69) is 26.7 Å². The van der Waals surface area contributed by atoms with E-state index < -0.39 is 0 Å². The van der Waals surface area contributed by atoms with E-state index in [9.17, 15) is 4.79 Å². The third kappa shape index (κ3) is 5.28. The molecule has 0 unspecified atom stereocenters. The Balaban J connectivity index is 1.57. The molecule has 0 radical (unpaired) electrons. The average Bonchev–Trinajstić information content (AvgIpc) is 2.69. The molecule has 3 rings (SSSR count). The van der Waals surface area contributed by atoms with Gasteiger partial charge in [-0.3, -0.25) is 4.79 Å². The molecule has 1 heterocycles. The number of methoxy groups -OCH3 is 1. The highest BCUT2D eigenvalue weighted by molar-refractivity contribution is 5.94. The number of carbonyl (C=O) groups is 1. The van der Waals surface area contributed by atoms with Crippen molar-refractivity contribution >= 4 is 23.1 Å². The van der Waals surface area contributed by atoms with Gasteiger partial charge in [-0.15, -0.1) is 0 Å². The van der Waals surface area contributed by atoms with E-state index >= 15 is 0 Å². The highest BCUT2D eigenvalue weighted by atomic mass is 16.5. The zero-order valence-corrected chi connectivity index (χ0v) is 15.4. The van der Waals surface area contributed by atoms with Crippen LogP contribution >= 0.6 is 0 Å². The minimum Gasteiger partial charge on any atom is -0.497 e. The first kappa shape index (κ1) is 18.4. The van der Waals surface area contributed by atoms with Gasteiger partial charge in [-0.25, -0.2) is 9.97 Å². The zero-order valence-electron chi connectivity index (χ0n) is 15.4. The van der Waals surface area contributed by atoms with E-state index in [4.69, 9.17) is 4.74 Å². The van der Waals surface area contributed by atoms with E-state index in [1.54, 1.807) is 26.2 Å². The lowest BCUT2D eigenvalue weighted by atomic mass is 10.1. The summed E-state index contributed by atoms with van der Waals surface area (Å²) in [4.78, 5) is 19.8. The van der Waals surface area contributed by atoms with Crippen LogP contribution in [0.15, 0.2) is 60.9 Å². The third-order valence-electron chi connectivity index (χ3n) is 4.08. The molecule has 6 heteroatoms. The summed E-state index contributed by atoms with van der Waals surface area (Å²) in [6.45, 7) is 2.30. The molecule has 6 nitrogen and oxygen atoms in total. The Hall–Kier alpha value is -3.41. The number of ketones is 1. The smallest absolute Gasteiger partial charge is 0.159 e. The molecule has 0 aliphatic rings. The second-order valence-electron chi connectivity index (χ2n) is 6.08. The summed E-state index contributed by atoms with van der Waals surface area (Å²) >= 11 is 0. The molecule has 0 aliphatic heterocycles. The van der Waals surface area contributed by atoms with Crippen molar-refractivity contribution < 1.29 is 9.53 Å². The zero-order chi connectivity index (χ0) is 19.1. The summed E-state index contributed by atoms with van der Waals surface area (Å²) in [7, 11) is 1.67. The van der Waals surface area contributed by atoms with E-state index in [0.29, 0.717) is 11.4 Å². The quantitative estimate of drug-likeness (QED) is 0.588. The molecular formula is C21H22N4O2. The Morgan fingerprint density at radius 1 is 1.04 bits per heavy atom. The van der Waals surface area contributed by atoms with Gasteiger partial charge in [-0.2, -0.15) is 0 Å². The first-order valence-corrected chi connectivity index (χ1v) is 8.71. The highest BCUT2D eigenvalue weighted by Gasteiger charge is 2.02. The molecule has 0 spiro atoms. The first-order chi connectivity index (χ1) is 13.1. The van der Waals surface area contributed by atoms with Crippen LogP contribution in [-0.2, 0) is 6.42 Å². The third-order valence-corrected chi connectivity index (χ3v) is 4.08. The number of carbonyl (C=O) groups excluding carboxylic acids is 1. The second kappa shape index (κ2) is 8.80. The summed E-state index contributed by atoms with van der Waals surface area (Å²) in [5, 5.41) is 6.52. The molecule has 0 fully saturated rings. The lowest BCUT2D eigenvalue weighted by Gasteiger charge is -2.09. The number of anilines is 3. The fourth-order valence-corrected chi connectivity index (χ4v) is 2.62. The maximum absolute atomic E-state index is 11.3. The van der Waals surface area contributed by atoms with Crippen molar-refractivity contribution in [2.24, 2.45) is 0 Å². The maximum atomic E-state index is 11.3. The number of benzene rings is 2. The van der Waals surface area contributed by atoms with Gasteiger partial charge in [-0.1, -0.05) is 12.1 Å². The van der Waals surface area contributed by atoms with Gasteiger partial charge >= 0.3 is 0 Å². The predicted octanol–water partition coefficient (Wildman–Crippen LogP) is 4.09. The van der Waals surface area contributed by atoms with Crippen molar-refractivity contribution in [2.45, 2.75) is 13.3 Å². The summed E-state index contributed by atoms with van der Waals surface area (Å²) in [6.07, 6.45) is 2.37. The molecule has 0 aliphatic carbocycles. The number of aromatic nitrogens is 2. The van der Waals surface area contributed by atoms with Gasteiger partial charge in [0.25, 0.3) is 0 Å². The lowest BCUT2D eigenvalue weighted by Crippen LogP contribution is -2.07. The van der Waals surface area contributed by atoms with Crippen molar-refractivity contribution in [2.75, 3.05) is 24.3 Å². The van der Waals surface area contributed by atoms with Crippen LogP contribution in [0, 0.1) is 0 Å². The van der Waals surface area contributed by atoms with Gasteiger partial charge in [0.15, 0.2) is 5.78 Å². The van der Waals surface area contributed by atoms with E-state index in [0.717, 1.165) is 30.2 Å². The number of hydrogen-bond acceptors (Lipinski definition) is 6. The molecule has 0 atom stereocenters. The number of nitrogens with zero attached hydrogens (tertiary/aromatic N) is 2. The standard InChI is InChI=1S/C21H22N4O2/c1-15(26)17-6-8-18(9-7-17)25-21-13-20(23-14-24-21)22-11-10-16-4-3-5-19(12-16)27-2/h3-9,12-14H,10-11H2,1-2H3,(H2,22,23,24,25). The van der Waals surface area contributed by atoms with Gasteiger partial charge in [-0.05, 0) is 55.3 Å². The minimum absolute atomic E-state index is 0.0473. The van der Waals surface area contributed by atoms with Crippen LogP contribution in [0.4, 0.5) is 17.3 Å². The molecule has 2 aromatic carbocycles. The van der Waals surface area contributed by atoms with Crippen LogP contribution in [0.3, 0.4) is 0 Å². The molecule has 0 saturated heterocycles. The van der Waals surface area contributed by atoms with Gasteiger partial charge < -0.3 is 15.4 Å². The van der Waals surface area contributed by atoms with E-state index in [1.165, 1.54) is 11.9 Å². The van der Waals surface area contributed by atoms with Crippen molar-refractivity contribution in [3.8, 4) is 5.75 Å². The number of nitrogens with one attached hydrogen (secondary N) is 2. The highest BCUT2D eigenvalue weighted by Crippen LogP contribution is 2.18. The molecule has 2 N–H and O–H groups in total. The summed E-state index contributed by atoms with van der Waals surface area (Å²) in [5.74, 6) is 2.34. The Kier molecular flexibility index (Phi) is 5.99. The van der Waals surface area contributed by atoms with Crippen LogP contribution < -0.4 is 15.4 Å². The SMILES string of the molecule is COc1cccc(CCNc2cc(Nc3ccc(C(C)=O)cc3)ncn2)c1. The summed E-state index contributed by atoms with van der Waals surface area (Å²) < 4.78 is 5.24. The van der Waals surface area contributed by atoms with Gasteiger partial charge in [0.1, 0.15) is 23.7 Å². The Morgan fingerprint density at radius 3 is 2.56 bits per heavy atom. The molecule has 0 bridgehead atoms. The normalized spacial score (nSPS) is 10.3. The van der Waals surface area contributed by atoms with Crippen molar-refractivity contribution in [1.29, 1.82) is 0 Å². The minimum atomic E-state index is 0.0473. The Morgan fingerprint density at radius 2 is 1.81 bits per heavy atom. The number of hydrogen-bond donors (Lipinski definition) is 2. The molecule has 0 amide bonds. The largest absolute Gasteiger partial charge is 0.497 e. The van der Waals surface area contributed by atoms with Crippen LogP contribution in [0.1, 0.15) is 22.8 Å². The number of rotatable bonds is 8. The second-order valence-corrected chi connectivity index (χ2v) is 6.08. The molecule has 0 saturated carbocycles. The lowest BCUT2D eigenvalue weighted by molar-refractivity contribution is 0.101. The first-order valence-electron chi connectivity index (χ1n) is 8.71. The average molecular weight is 362 g/mol. The van der Waals surface area contributed by atoms with Crippen molar-refractivity contribution in [1.82, 2.24) is 9.97 Å². The van der Waals surface area contributed by atoms with Crippen LogP contribution in [0.25, 0.3) is 0 Å². The number of ether oxygens (including phenoxy) is 1. The summed E-state index contributed by atoms with van der Waals surface area (Å²) in [5.41, 5.74) is 2.74. The molecule has 138 valence electrons. The van der Waals surface area contributed by atoms with Crippen LogP contribution in [0.2, 0.25) is 0 Å². The number of Topliss-reactive ketones (excluding diaryl/α,β-unsaturated/α-hetero) is 1. The predicted molar refractivity (Wildman–Crippen MR) is 107 cm³/mol. The van der Waals surface area contributed by atoms with E-state index in [-0.39, 0.29) is 5.78 Å². The Bertz CT molecular complexity index is 910. The molecular weight excluding hydrogens is 340 g/mol. The fourth-order valence-electron chi connectivity index (χ4n) is 2.62. The molecule has 27 heavy (non-hydrogen) atoms. The van der Waals surface area contributed by atoms with Gasteiger partial charge in [0.05, 0.1) is 7.11 Å².